The second kappa shape index (κ2) is 5.70. The van der Waals surface area contributed by atoms with E-state index >= 15 is 0 Å². The van der Waals surface area contributed by atoms with E-state index in [0.717, 1.165) is 0 Å². The van der Waals surface area contributed by atoms with Gasteiger partial charge in [0.15, 0.2) is 0 Å². The van der Waals surface area contributed by atoms with E-state index in [1.54, 1.807) is 48.5 Å². The van der Waals surface area contributed by atoms with Crippen molar-refractivity contribution in [2.24, 2.45) is 0 Å². The molecule has 0 atom stereocenters. The first-order chi connectivity index (χ1) is 11.8. The van der Waals surface area contributed by atoms with E-state index in [4.69, 9.17) is 6.85 Å². The number of rotatable bonds is 3. The minimum atomic E-state index is -2.20. The fourth-order valence-electron chi connectivity index (χ4n) is 2.03. The summed E-state index contributed by atoms with van der Waals surface area (Å²) in [6.07, 6.45) is -0.186. The number of pyridine rings is 1. The first-order valence-corrected chi connectivity index (χ1v) is 6.41. The molecule has 1 heteroatoms. The summed E-state index contributed by atoms with van der Waals surface area (Å²) in [5.74, 6) is 0. The minimum Gasteiger partial charge on any atom is -0.256 e. The Bertz CT molecular complexity index is 872. The minimum absolute atomic E-state index is 0.217. The summed E-state index contributed by atoms with van der Waals surface area (Å²) in [7, 11) is 0. The summed E-state index contributed by atoms with van der Waals surface area (Å²) in [6, 6.07) is 19.0. The lowest BCUT2D eigenvalue weighted by atomic mass is 10.0. The van der Waals surface area contributed by atoms with Crippen LogP contribution >= 0.6 is 0 Å². The van der Waals surface area contributed by atoms with Crippen molar-refractivity contribution in [1.82, 2.24) is 4.98 Å². The molecule has 1 heterocycles. The lowest BCUT2D eigenvalue weighted by molar-refractivity contribution is 1.19. The fourth-order valence-corrected chi connectivity index (χ4v) is 2.03. The van der Waals surface area contributed by atoms with Gasteiger partial charge >= 0.3 is 0 Å². The summed E-state index contributed by atoms with van der Waals surface area (Å²) >= 11 is 0. The molecule has 20 heavy (non-hydrogen) atoms. The number of nitrogens with zero attached hydrogens (tertiary/aromatic N) is 1. The molecule has 0 aliphatic carbocycles. The van der Waals surface area contributed by atoms with Crippen LogP contribution in [0.15, 0.2) is 72.9 Å². The Labute approximate surface area is 127 Å². The molecule has 3 rings (SSSR count). The van der Waals surface area contributed by atoms with Gasteiger partial charge in [0, 0.05) is 18.6 Å². The SMILES string of the molecule is [2H]C([2H])([2H])c1ccnc(-c2cccc(C([2H])([2H])c3ccccc3)c2)c1. The van der Waals surface area contributed by atoms with Gasteiger partial charge in [-0.2, -0.15) is 0 Å². The molecule has 1 aromatic heterocycles. The molecule has 0 amide bonds. The lowest BCUT2D eigenvalue weighted by Crippen LogP contribution is -1.90. The molecule has 0 fully saturated rings. The Balaban J connectivity index is 2.03. The van der Waals surface area contributed by atoms with Crippen LogP contribution in [0, 0.1) is 6.85 Å². The van der Waals surface area contributed by atoms with Crippen LogP contribution in [0.25, 0.3) is 11.3 Å². The van der Waals surface area contributed by atoms with E-state index in [0.29, 0.717) is 22.4 Å². The summed E-state index contributed by atoms with van der Waals surface area (Å²) < 4.78 is 39.5. The van der Waals surface area contributed by atoms with Crippen molar-refractivity contribution in [3.05, 3.63) is 89.6 Å². The van der Waals surface area contributed by atoms with E-state index in [1.165, 1.54) is 18.3 Å². The van der Waals surface area contributed by atoms with Crippen LogP contribution in [0.4, 0.5) is 0 Å². The quantitative estimate of drug-likeness (QED) is 0.671. The molecule has 0 N–H and O–H groups in total. The average molecular weight is 264 g/mol. The summed E-state index contributed by atoms with van der Waals surface area (Å²) in [5, 5.41) is 0. The topological polar surface area (TPSA) is 12.9 Å². The van der Waals surface area contributed by atoms with Crippen molar-refractivity contribution < 1.29 is 6.85 Å². The van der Waals surface area contributed by atoms with E-state index in [9.17, 15) is 0 Å². The highest BCUT2D eigenvalue weighted by molar-refractivity contribution is 5.60. The predicted octanol–water partition coefficient (Wildman–Crippen LogP) is 4.65. The second-order valence-electron chi connectivity index (χ2n) is 4.50. The molecule has 98 valence electrons. The largest absolute Gasteiger partial charge is 0.256 e. The third-order valence-corrected chi connectivity index (χ3v) is 2.98. The molecule has 0 unspecified atom stereocenters. The molecule has 1 nitrogen and oxygen atoms in total. The van der Waals surface area contributed by atoms with Gasteiger partial charge in [0.1, 0.15) is 0 Å². The molecule has 0 bridgehead atoms. The van der Waals surface area contributed by atoms with Gasteiger partial charge in [0.2, 0.25) is 0 Å². The molecule has 0 saturated heterocycles. The zero-order chi connectivity index (χ0) is 18.1. The maximum Gasteiger partial charge on any atom is 0.0704 e. The van der Waals surface area contributed by atoms with Crippen molar-refractivity contribution in [1.29, 1.82) is 0 Å². The van der Waals surface area contributed by atoms with Gasteiger partial charge in [-0.05, 0) is 48.1 Å². The number of hydrogen-bond donors (Lipinski definition) is 0. The monoisotopic (exact) mass is 264 g/mol. The first-order valence-electron chi connectivity index (χ1n) is 8.91. The van der Waals surface area contributed by atoms with Crippen LogP contribution in [0.3, 0.4) is 0 Å². The van der Waals surface area contributed by atoms with Crippen molar-refractivity contribution in [3.8, 4) is 11.3 Å². The molecule has 0 aliphatic heterocycles. The molecule has 2 aromatic carbocycles. The molecule has 0 aliphatic rings. The lowest BCUT2D eigenvalue weighted by Gasteiger charge is -2.06. The zero-order valence-corrected chi connectivity index (χ0v) is 10.9. The summed E-state index contributed by atoms with van der Waals surface area (Å²) in [5.41, 5.74) is 2.48. The first kappa shape index (κ1) is 8.01. The van der Waals surface area contributed by atoms with Gasteiger partial charge in [-0.15, -0.1) is 0 Å². The third kappa shape index (κ3) is 2.94. The molecule has 0 radical (unpaired) electrons. The van der Waals surface area contributed by atoms with Crippen molar-refractivity contribution in [3.63, 3.8) is 0 Å². The van der Waals surface area contributed by atoms with Crippen LogP contribution in [0.1, 0.15) is 23.5 Å². The summed E-state index contributed by atoms with van der Waals surface area (Å²) in [4.78, 5) is 4.25. The van der Waals surface area contributed by atoms with E-state index in [2.05, 4.69) is 4.98 Å². The number of aryl methyl sites for hydroxylation is 1. The van der Waals surface area contributed by atoms with Crippen molar-refractivity contribution >= 4 is 0 Å². The van der Waals surface area contributed by atoms with Gasteiger partial charge in [-0.25, -0.2) is 0 Å². The molecular weight excluding hydrogens is 242 g/mol. The van der Waals surface area contributed by atoms with Crippen LogP contribution in [0.2, 0.25) is 0 Å². The van der Waals surface area contributed by atoms with Crippen molar-refractivity contribution in [2.75, 3.05) is 0 Å². The maximum absolute atomic E-state index is 8.47. The van der Waals surface area contributed by atoms with Crippen LogP contribution in [0.5, 0.6) is 0 Å². The van der Waals surface area contributed by atoms with Gasteiger partial charge in [-0.1, -0.05) is 48.5 Å². The van der Waals surface area contributed by atoms with Crippen LogP contribution < -0.4 is 0 Å². The Morgan fingerprint density at radius 3 is 2.65 bits per heavy atom. The number of benzene rings is 2. The Hall–Kier alpha value is -2.41. The second-order valence-corrected chi connectivity index (χ2v) is 4.50. The smallest absolute Gasteiger partial charge is 0.0704 e. The Morgan fingerprint density at radius 1 is 0.950 bits per heavy atom. The molecule has 0 saturated carbocycles. The van der Waals surface area contributed by atoms with E-state index < -0.39 is 13.2 Å². The third-order valence-electron chi connectivity index (χ3n) is 2.98. The van der Waals surface area contributed by atoms with Gasteiger partial charge in [0.05, 0.1) is 5.69 Å². The highest BCUT2D eigenvalue weighted by Crippen LogP contribution is 2.20. The highest BCUT2D eigenvalue weighted by Gasteiger charge is 2.02. The normalized spacial score (nSPS) is 15.5. The predicted molar refractivity (Wildman–Crippen MR) is 83.7 cm³/mol. The average Bonchev–Trinajstić information content (AvgIpc) is 2.62. The maximum atomic E-state index is 8.47. The molecule has 3 aromatic rings. The highest BCUT2D eigenvalue weighted by atomic mass is 14.7. The van der Waals surface area contributed by atoms with Gasteiger partial charge in [-0.3, -0.25) is 4.98 Å². The van der Waals surface area contributed by atoms with Crippen LogP contribution in [-0.2, 0) is 6.37 Å². The number of aromatic nitrogens is 1. The standard InChI is InChI=1S/C19H17N/c1-15-10-11-20-19(12-15)18-9-5-8-17(14-18)13-16-6-3-2-4-7-16/h2-12,14H,13H2,1H3/i1D3,13D2. The Morgan fingerprint density at radius 2 is 1.80 bits per heavy atom. The van der Waals surface area contributed by atoms with E-state index in [1.807, 2.05) is 6.07 Å². The zero-order valence-electron chi connectivity index (χ0n) is 15.9. The van der Waals surface area contributed by atoms with Gasteiger partial charge < -0.3 is 0 Å². The van der Waals surface area contributed by atoms with E-state index in [-0.39, 0.29) is 5.56 Å². The summed E-state index contributed by atoms with van der Waals surface area (Å²) in [6.45, 7) is -2.20. The Kier molecular flexibility index (Phi) is 2.28. The van der Waals surface area contributed by atoms with Crippen molar-refractivity contribution in [2.45, 2.75) is 13.2 Å². The number of hydrogen-bond acceptors (Lipinski definition) is 1. The molecule has 0 spiro atoms. The fraction of sp³-hybridized carbons (Fsp3) is 0.105. The molecular formula is C19H17N. The van der Waals surface area contributed by atoms with Gasteiger partial charge in [0.25, 0.3) is 0 Å². The van der Waals surface area contributed by atoms with Crippen LogP contribution in [-0.4, -0.2) is 4.98 Å².